The Bertz CT molecular complexity index is 339. The molecule has 15 heavy (non-hydrogen) atoms. The van der Waals surface area contributed by atoms with Gasteiger partial charge in [0.05, 0.1) is 16.0 Å². The third-order valence-corrected chi connectivity index (χ3v) is 4.22. The average molecular weight is 229 g/mol. The zero-order valence-electron chi connectivity index (χ0n) is 8.94. The predicted molar refractivity (Wildman–Crippen MR) is 60.5 cm³/mol. The molecule has 0 heterocycles. The summed E-state index contributed by atoms with van der Waals surface area (Å²) in [4.78, 5) is 0.632. The van der Waals surface area contributed by atoms with E-state index in [0.717, 1.165) is 6.42 Å². The van der Waals surface area contributed by atoms with Gasteiger partial charge in [0.25, 0.3) is 0 Å². The van der Waals surface area contributed by atoms with E-state index >= 15 is 0 Å². The maximum Gasteiger partial charge on any atom is 0.123 e. The van der Waals surface area contributed by atoms with Crippen LogP contribution in [-0.2, 0) is 10.8 Å². The Morgan fingerprint density at radius 3 is 2.40 bits per heavy atom. The topological polar surface area (TPSA) is 43.1 Å². The van der Waals surface area contributed by atoms with Crippen molar-refractivity contribution in [1.82, 2.24) is 0 Å². The van der Waals surface area contributed by atoms with Gasteiger partial charge in [0, 0.05) is 10.9 Å². The number of rotatable bonds is 4. The highest BCUT2D eigenvalue weighted by atomic mass is 32.2. The van der Waals surface area contributed by atoms with Crippen molar-refractivity contribution in [3.8, 4) is 0 Å². The van der Waals surface area contributed by atoms with Crippen molar-refractivity contribution in [3.63, 3.8) is 0 Å². The minimum Gasteiger partial charge on any atom is -0.327 e. The van der Waals surface area contributed by atoms with Crippen molar-refractivity contribution in [2.24, 2.45) is 5.73 Å². The van der Waals surface area contributed by atoms with E-state index in [9.17, 15) is 8.60 Å². The summed E-state index contributed by atoms with van der Waals surface area (Å²) in [5, 5.41) is -0.111. The van der Waals surface area contributed by atoms with E-state index in [4.69, 9.17) is 5.73 Å². The van der Waals surface area contributed by atoms with Crippen LogP contribution in [0.1, 0.15) is 20.3 Å². The van der Waals surface area contributed by atoms with Gasteiger partial charge >= 0.3 is 0 Å². The van der Waals surface area contributed by atoms with Crippen LogP contribution in [0.15, 0.2) is 29.2 Å². The lowest BCUT2D eigenvalue weighted by Crippen LogP contribution is -2.34. The second kappa shape index (κ2) is 5.37. The molecule has 0 aromatic heterocycles. The van der Waals surface area contributed by atoms with E-state index in [0.29, 0.717) is 4.90 Å². The van der Waals surface area contributed by atoms with Crippen molar-refractivity contribution < 1.29 is 8.60 Å². The molecule has 2 N–H and O–H groups in total. The largest absolute Gasteiger partial charge is 0.327 e. The van der Waals surface area contributed by atoms with Crippen LogP contribution in [0, 0.1) is 5.82 Å². The first-order valence-electron chi connectivity index (χ1n) is 4.98. The molecular formula is C11H16FNOS. The molecule has 0 saturated heterocycles. The molecular weight excluding hydrogens is 213 g/mol. The third-order valence-electron chi connectivity index (χ3n) is 2.46. The van der Waals surface area contributed by atoms with E-state index in [-0.39, 0.29) is 17.1 Å². The Kier molecular flexibility index (Phi) is 4.42. The maximum absolute atomic E-state index is 12.7. The Morgan fingerprint density at radius 2 is 1.93 bits per heavy atom. The summed E-state index contributed by atoms with van der Waals surface area (Å²) < 4.78 is 24.6. The molecule has 4 heteroatoms. The first kappa shape index (κ1) is 12.3. The zero-order valence-corrected chi connectivity index (χ0v) is 9.76. The molecule has 3 atom stereocenters. The summed E-state index contributed by atoms with van der Waals surface area (Å²) in [7, 11) is -1.16. The lowest BCUT2D eigenvalue weighted by atomic mass is 10.2. The van der Waals surface area contributed by atoms with Gasteiger partial charge < -0.3 is 5.73 Å². The summed E-state index contributed by atoms with van der Waals surface area (Å²) in [6.45, 7) is 3.82. The summed E-state index contributed by atoms with van der Waals surface area (Å²) >= 11 is 0. The van der Waals surface area contributed by atoms with Crippen molar-refractivity contribution in [1.29, 1.82) is 0 Å². The lowest BCUT2D eigenvalue weighted by molar-refractivity contribution is 0.609. The molecule has 0 saturated carbocycles. The number of hydrogen-bond donors (Lipinski definition) is 1. The fraction of sp³-hybridized carbons (Fsp3) is 0.455. The van der Waals surface area contributed by atoms with Crippen LogP contribution < -0.4 is 5.73 Å². The molecule has 0 spiro atoms. The first-order valence-corrected chi connectivity index (χ1v) is 6.19. The molecule has 2 nitrogen and oxygen atoms in total. The molecule has 0 bridgehead atoms. The Labute approximate surface area is 92.1 Å². The smallest absolute Gasteiger partial charge is 0.123 e. The number of nitrogens with two attached hydrogens (primary N) is 1. The van der Waals surface area contributed by atoms with Crippen LogP contribution in [-0.4, -0.2) is 15.5 Å². The SMILES string of the molecule is CCC(N)C(C)S(=O)c1ccc(F)cc1. The predicted octanol–water partition coefficient (Wildman–Crippen LogP) is 2.06. The maximum atomic E-state index is 12.7. The van der Waals surface area contributed by atoms with Crippen molar-refractivity contribution in [2.45, 2.75) is 36.5 Å². The minimum atomic E-state index is -1.16. The highest BCUT2D eigenvalue weighted by molar-refractivity contribution is 7.85. The van der Waals surface area contributed by atoms with Gasteiger partial charge in [0.15, 0.2) is 0 Å². The third kappa shape index (κ3) is 3.11. The van der Waals surface area contributed by atoms with Crippen LogP contribution in [0.5, 0.6) is 0 Å². The number of hydrogen-bond acceptors (Lipinski definition) is 2. The normalized spacial score (nSPS) is 17.1. The molecule has 1 aromatic rings. The van der Waals surface area contributed by atoms with E-state index in [1.54, 1.807) is 12.1 Å². The molecule has 1 aromatic carbocycles. The fourth-order valence-electron chi connectivity index (χ4n) is 1.27. The van der Waals surface area contributed by atoms with Gasteiger partial charge in [-0.15, -0.1) is 0 Å². The lowest BCUT2D eigenvalue weighted by Gasteiger charge is -2.17. The Hall–Kier alpha value is -0.740. The standard InChI is InChI=1S/C11H16FNOS/c1-3-11(13)8(2)15(14)10-6-4-9(12)5-7-10/h4-8,11H,3,13H2,1-2H3. The summed E-state index contributed by atoms with van der Waals surface area (Å²) in [6, 6.07) is 5.64. The number of benzene rings is 1. The molecule has 0 radical (unpaired) electrons. The van der Waals surface area contributed by atoms with E-state index in [2.05, 4.69) is 0 Å². The zero-order chi connectivity index (χ0) is 11.4. The highest BCUT2D eigenvalue weighted by Crippen LogP contribution is 2.14. The van der Waals surface area contributed by atoms with Gasteiger partial charge in [-0.3, -0.25) is 4.21 Å². The summed E-state index contributed by atoms with van der Waals surface area (Å²) in [6.07, 6.45) is 0.786. The van der Waals surface area contributed by atoms with Gasteiger partial charge in [-0.25, -0.2) is 4.39 Å². The molecule has 84 valence electrons. The van der Waals surface area contributed by atoms with Gasteiger partial charge in [-0.2, -0.15) is 0 Å². The van der Waals surface area contributed by atoms with Gasteiger partial charge in [0.1, 0.15) is 5.82 Å². The minimum absolute atomic E-state index is 0.0871. The molecule has 0 amide bonds. The molecule has 0 aliphatic heterocycles. The Morgan fingerprint density at radius 1 is 1.40 bits per heavy atom. The second-order valence-electron chi connectivity index (χ2n) is 3.53. The van der Waals surface area contributed by atoms with Crippen LogP contribution >= 0.6 is 0 Å². The van der Waals surface area contributed by atoms with Crippen molar-refractivity contribution in [2.75, 3.05) is 0 Å². The van der Waals surface area contributed by atoms with Crippen LogP contribution in [0.2, 0.25) is 0 Å². The van der Waals surface area contributed by atoms with Crippen LogP contribution in [0.3, 0.4) is 0 Å². The molecule has 0 fully saturated rings. The van der Waals surface area contributed by atoms with Gasteiger partial charge in [-0.05, 0) is 37.6 Å². The molecule has 1 rings (SSSR count). The van der Waals surface area contributed by atoms with E-state index in [1.165, 1.54) is 12.1 Å². The van der Waals surface area contributed by atoms with Crippen LogP contribution in [0.4, 0.5) is 4.39 Å². The average Bonchev–Trinajstić information content (AvgIpc) is 2.27. The highest BCUT2D eigenvalue weighted by Gasteiger charge is 2.19. The number of halogens is 1. The molecule has 0 aliphatic rings. The second-order valence-corrected chi connectivity index (χ2v) is 5.34. The van der Waals surface area contributed by atoms with Gasteiger partial charge in [-0.1, -0.05) is 6.92 Å². The monoisotopic (exact) mass is 229 g/mol. The summed E-state index contributed by atoms with van der Waals surface area (Å²) in [5.74, 6) is -0.316. The first-order chi connectivity index (χ1) is 7.06. The van der Waals surface area contributed by atoms with Gasteiger partial charge in [0.2, 0.25) is 0 Å². The Balaban J connectivity index is 2.80. The van der Waals surface area contributed by atoms with Crippen molar-refractivity contribution in [3.05, 3.63) is 30.1 Å². The van der Waals surface area contributed by atoms with E-state index in [1.807, 2.05) is 13.8 Å². The molecule has 0 aliphatic carbocycles. The fourth-order valence-corrected chi connectivity index (χ4v) is 2.62. The molecule has 3 unspecified atom stereocenters. The van der Waals surface area contributed by atoms with Crippen LogP contribution in [0.25, 0.3) is 0 Å². The van der Waals surface area contributed by atoms with E-state index < -0.39 is 10.8 Å². The van der Waals surface area contributed by atoms with Crippen molar-refractivity contribution >= 4 is 10.8 Å². The summed E-state index contributed by atoms with van der Waals surface area (Å²) in [5.41, 5.74) is 5.82. The quantitative estimate of drug-likeness (QED) is 0.858.